The molecule has 0 bridgehead atoms. The molecule has 3 N–H and O–H groups in total. The van der Waals surface area contributed by atoms with Crippen LogP contribution in [0.4, 0.5) is 11.6 Å². The Morgan fingerprint density at radius 3 is 2.67 bits per heavy atom. The van der Waals surface area contributed by atoms with Crippen molar-refractivity contribution < 1.29 is 8.42 Å². The third-order valence-corrected chi connectivity index (χ3v) is 3.76. The number of aromatic nitrogens is 3. The van der Waals surface area contributed by atoms with E-state index in [1.807, 2.05) is 0 Å². The van der Waals surface area contributed by atoms with E-state index in [2.05, 4.69) is 35.6 Å². The van der Waals surface area contributed by atoms with E-state index in [-0.39, 0.29) is 16.5 Å². The number of rotatable bonds is 3. The van der Waals surface area contributed by atoms with Crippen LogP contribution < -0.4 is 10.5 Å². The van der Waals surface area contributed by atoms with Gasteiger partial charge < -0.3 is 5.73 Å². The molecule has 2 aromatic rings. The predicted octanol–water partition coefficient (Wildman–Crippen LogP) is 1.02. The van der Waals surface area contributed by atoms with Gasteiger partial charge in [0.25, 0.3) is 10.0 Å². The van der Waals surface area contributed by atoms with Gasteiger partial charge in [-0.25, -0.2) is 18.4 Å². The van der Waals surface area contributed by atoms with Gasteiger partial charge in [-0.3, -0.25) is 9.71 Å². The first-order chi connectivity index (χ1) is 8.49. The molecule has 2 aromatic heterocycles. The van der Waals surface area contributed by atoms with Crippen molar-refractivity contribution in [2.75, 3.05) is 10.5 Å². The Hall–Kier alpha value is -1.74. The molecule has 0 aliphatic carbocycles. The van der Waals surface area contributed by atoms with E-state index < -0.39 is 10.0 Å². The van der Waals surface area contributed by atoms with Crippen LogP contribution in [0.5, 0.6) is 0 Å². The Balaban J connectivity index is 2.40. The molecule has 0 saturated heterocycles. The highest BCUT2D eigenvalue weighted by Crippen LogP contribution is 2.22. The van der Waals surface area contributed by atoms with Gasteiger partial charge in [0.1, 0.15) is 10.7 Å². The van der Waals surface area contributed by atoms with Crippen molar-refractivity contribution in [2.24, 2.45) is 0 Å². The molecule has 0 aromatic carbocycles. The maximum atomic E-state index is 12.1. The van der Waals surface area contributed by atoms with Crippen LogP contribution in [0.1, 0.15) is 0 Å². The van der Waals surface area contributed by atoms with E-state index in [9.17, 15) is 8.42 Å². The first kappa shape index (κ1) is 12.7. The summed E-state index contributed by atoms with van der Waals surface area (Å²) in [4.78, 5) is 11.2. The van der Waals surface area contributed by atoms with Crippen LogP contribution in [0.2, 0.25) is 0 Å². The van der Waals surface area contributed by atoms with Gasteiger partial charge in [0.15, 0.2) is 5.82 Å². The second-order valence-corrected chi connectivity index (χ2v) is 5.80. The number of nitrogens with two attached hydrogens (primary N) is 1. The minimum Gasteiger partial charge on any atom is -0.383 e. The number of pyridine rings is 1. The molecule has 0 unspecified atom stereocenters. The SMILES string of the molecule is Nc1ncc(Br)cc1S(=O)(=O)Nc1cnccn1. The van der Waals surface area contributed by atoms with E-state index in [0.29, 0.717) is 4.47 Å². The van der Waals surface area contributed by atoms with Gasteiger partial charge in [-0.1, -0.05) is 0 Å². The van der Waals surface area contributed by atoms with Gasteiger partial charge >= 0.3 is 0 Å². The summed E-state index contributed by atoms with van der Waals surface area (Å²) in [6, 6.07) is 1.36. The van der Waals surface area contributed by atoms with Gasteiger partial charge in [0, 0.05) is 23.1 Å². The monoisotopic (exact) mass is 329 g/mol. The van der Waals surface area contributed by atoms with Crippen LogP contribution in [0.15, 0.2) is 40.2 Å². The lowest BCUT2D eigenvalue weighted by molar-refractivity contribution is 0.601. The number of nitrogens with one attached hydrogen (secondary N) is 1. The fourth-order valence-electron chi connectivity index (χ4n) is 1.19. The summed E-state index contributed by atoms with van der Waals surface area (Å²) in [5.41, 5.74) is 5.54. The van der Waals surface area contributed by atoms with Gasteiger partial charge in [-0.05, 0) is 22.0 Å². The highest BCUT2D eigenvalue weighted by molar-refractivity contribution is 9.10. The lowest BCUT2D eigenvalue weighted by Crippen LogP contribution is -2.16. The largest absolute Gasteiger partial charge is 0.383 e. The molecule has 0 aliphatic heterocycles. The summed E-state index contributed by atoms with van der Waals surface area (Å²) in [6.45, 7) is 0. The van der Waals surface area contributed by atoms with E-state index in [1.165, 1.54) is 30.9 Å². The highest BCUT2D eigenvalue weighted by atomic mass is 79.9. The van der Waals surface area contributed by atoms with E-state index >= 15 is 0 Å². The first-order valence-electron chi connectivity index (χ1n) is 4.69. The zero-order valence-electron chi connectivity index (χ0n) is 8.91. The Morgan fingerprint density at radius 1 is 1.22 bits per heavy atom. The topological polar surface area (TPSA) is 111 Å². The average molecular weight is 330 g/mol. The lowest BCUT2D eigenvalue weighted by atomic mass is 10.5. The standard InChI is InChI=1S/C9H8BrN5O2S/c10-6-3-7(9(11)14-4-6)18(16,17)15-8-5-12-1-2-13-8/h1-5H,(H2,11,14)(H,13,15). The van der Waals surface area contributed by atoms with Crippen LogP contribution >= 0.6 is 15.9 Å². The molecule has 0 amide bonds. The van der Waals surface area contributed by atoms with Crippen molar-refractivity contribution in [1.29, 1.82) is 0 Å². The Kier molecular flexibility index (Phi) is 3.43. The summed E-state index contributed by atoms with van der Waals surface area (Å²) < 4.78 is 26.9. The minimum absolute atomic E-state index is 0.0883. The Morgan fingerprint density at radius 2 is 2.00 bits per heavy atom. The number of sulfonamides is 1. The molecule has 0 spiro atoms. The van der Waals surface area contributed by atoms with Crippen molar-refractivity contribution >= 4 is 37.6 Å². The smallest absolute Gasteiger partial charge is 0.266 e. The molecule has 0 aliphatic rings. The van der Waals surface area contributed by atoms with E-state index in [0.717, 1.165) is 0 Å². The molecule has 9 heteroatoms. The van der Waals surface area contributed by atoms with E-state index in [1.54, 1.807) is 0 Å². The van der Waals surface area contributed by atoms with Crippen molar-refractivity contribution in [3.8, 4) is 0 Å². The lowest BCUT2D eigenvalue weighted by Gasteiger charge is -2.08. The molecule has 94 valence electrons. The van der Waals surface area contributed by atoms with Gasteiger partial charge in [-0.15, -0.1) is 0 Å². The molecule has 7 nitrogen and oxygen atoms in total. The number of hydrogen-bond donors (Lipinski definition) is 2. The summed E-state index contributed by atoms with van der Waals surface area (Å²) >= 11 is 3.14. The van der Waals surface area contributed by atoms with Crippen LogP contribution in [0.3, 0.4) is 0 Å². The van der Waals surface area contributed by atoms with Crippen LogP contribution in [0, 0.1) is 0 Å². The van der Waals surface area contributed by atoms with Crippen LogP contribution in [-0.2, 0) is 10.0 Å². The van der Waals surface area contributed by atoms with Gasteiger partial charge in [0.05, 0.1) is 6.20 Å². The molecule has 18 heavy (non-hydrogen) atoms. The predicted molar refractivity (Wildman–Crippen MR) is 69.2 cm³/mol. The van der Waals surface area contributed by atoms with Crippen molar-refractivity contribution in [1.82, 2.24) is 15.0 Å². The van der Waals surface area contributed by atoms with E-state index in [4.69, 9.17) is 5.73 Å². The summed E-state index contributed by atoms with van der Waals surface area (Å²) in [5, 5.41) is 0. The zero-order valence-corrected chi connectivity index (χ0v) is 11.3. The first-order valence-corrected chi connectivity index (χ1v) is 6.96. The number of nitrogen functional groups attached to an aromatic ring is 1. The van der Waals surface area contributed by atoms with Crippen LogP contribution in [0.25, 0.3) is 0 Å². The summed E-state index contributed by atoms with van der Waals surface area (Å²) in [7, 11) is -3.84. The maximum Gasteiger partial charge on any atom is 0.266 e. The third-order valence-electron chi connectivity index (χ3n) is 1.94. The van der Waals surface area contributed by atoms with Crippen molar-refractivity contribution in [3.63, 3.8) is 0 Å². The molecule has 2 heterocycles. The second kappa shape index (κ2) is 4.86. The zero-order chi connectivity index (χ0) is 13.2. The van der Waals surface area contributed by atoms with Crippen molar-refractivity contribution in [2.45, 2.75) is 4.90 Å². The highest BCUT2D eigenvalue weighted by Gasteiger charge is 2.19. The maximum absolute atomic E-state index is 12.1. The number of hydrogen-bond acceptors (Lipinski definition) is 6. The number of anilines is 2. The molecule has 0 radical (unpaired) electrons. The fourth-order valence-corrected chi connectivity index (χ4v) is 2.77. The number of nitrogens with zero attached hydrogens (tertiary/aromatic N) is 3. The minimum atomic E-state index is -3.84. The Bertz CT molecular complexity index is 662. The molecular formula is C9H8BrN5O2S. The number of halogens is 1. The normalized spacial score (nSPS) is 11.2. The average Bonchev–Trinajstić information content (AvgIpc) is 2.33. The Labute approximate surface area is 112 Å². The third kappa shape index (κ3) is 2.74. The molecular weight excluding hydrogens is 322 g/mol. The summed E-state index contributed by atoms with van der Waals surface area (Å²) in [6.07, 6.45) is 5.52. The quantitative estimate of drug-likeness (QED) is 0.869. The van der Waals surface area contributed by atoms with Gasteiger partial charge in [0.2, 0.25) is 0 Å². The fraction of sp³-hybridized carbons (Fsp3) is 0. The molecule has 0 fully saturated rings. The van der Waals surface area contributed by atoms with Gasteiger partial charge in [-0.2, -0.15) is 0 Å². The summed E-state index contributed by atoms with van der Waals surface area (Å²) in [5.74, 6) is 0.0199. The second-order valence-electron chi connectivity index (χ2n) is 3.23. The molecule has 0 saturated carbocycles. The van der Waals surface area contributed by atoms with Crippen molar-refractivity contribution in [3.05, 3.63) is 35.3 Å². The molecule has 2 rings (SSSR count). The molecule has 0 atom stereocenters. The van der Waals surface area contributed by atoms with Crippen LogP contribution in [-0.4, -0.2) is 23.4 Å².